The smallest absolute Gasteiger partial charge is 0.314 e. The topological polar surface area (TPSA) is 80.4 Å². The average molecular weight is 227 g/mol. The number of phenols is 1. The van der Waals surface area contributed by atoms with Crippen LogP contribution in [0.1, 0.15) is 18.9 Å². The van der Waals surface area contributed by atoms with Crippen LogP contribution in [0.4, 0.5) is 10.1 Å². The summed E-state index contributed by atoms with van der Waals surface area (Å²) in [6, 6.07) is 1.93. The molecule has 0 bridgehead atoms. The van der Waals surface area contributed by atoms with Gasteiger partial charge in [0.1, 0.15) is 5.78 Å². The van der Waals surface area contributed by atoms with Gasteiger partial charge in [0.2, 0.25) is 5.75 Å². The molecule has 1 N–H and O–H groups in total. The van der Waals surface area contributed by atoms with Crippen molar-refractivity contribution in [3.8, 4) is 5.75 Å². The fraction of sp³-hybridized carbons (Fsp3) is 0.300. The largest absolute Gasteiger partial charge is 0.500 e. The van der Waals surface area contributed by atoms with E-state index in [0.29, 0.717) is 0 Å². The molecule has 1 aromatic rings. The normalized spacial score (nSPS) is 10.1. The van der Waals surface area contributed by atoms with Crippen LogP contribution >= 0.6 is 0 Å². The lowest BCUT2D eigenvalue weighted by molar-refractivity contribution is -0.386. The van der Waals surface area contributed by atoms with Crippen molar-refractivity contribution in [2.24, 2.45) is 0 Å². The summed E-state index contributed by atoms with van der Waals surface area (Å²) in [5.74, 6) is -2.25. The van der Waals surface area contributed by atoms with E-state index in [4.69, 9.17) is 5.11 Å². The van der Waals surface area contributed by atoms with E-state index in [1.54, 1.807) is 6.92 Å². The van der Waals surface area contributed by atoms with Crippen LogP contribution in [0.3, 0.4) is 0 Å². The van der Waals surface area contributed by atoms with E-state index < -0.39 is 22.2 Å². The maximum absolute atomic E-state index is 13.1. The molecular weight excluding hydrogens is 217 g/mol. The van der Waals surface area contributed by atoms with Gasteiger partial charge in [0, 0.05) is 18.9 Å². The fourth-order valence-corrected chi connectivity index (χ4v) is 1.23. The number of benzene rings is 1. The molecular formula is C10H10FNO4. The molecule has 0 unspecified atom stereocenters. The number of nitro groups is 1. The zero-order valence-corrected chi connectivity index (χ0v) is 8.57. The highest BCUT2D eigenvalue weighted by Crippen LogP contribution is 2.30. The van der Waals surface area contributed by atoms with Gasteiger partial charge in [-0.3, -0.25) is 14.9 Å². The molecule has 86 valence electrons. The predicted octanol–water partition coefficient (Wildman–Crippen LogP) is 1.96. The molecule has 0 saturated carbocycles. The minimum atomic E-state index is -1.09. The maximum Gasteiger partial charge on any atom is 0.314 e. The van der Waals surface area contributed by atoms with Crippen molar-refractivity contribution in [1.29, 1.82) is 0 Å². The number of carbonyl (C=O) groups is 1. The summed E-state index contributed by atoms with van der Waals surface area (Å²) in [4.78, 5) is 20.7. The van der Waals surface area contributed by atoms with Crippen LogP contribution in [0, 0.1) is 15.9 Å². The Balaban J connectivity index is 3.14. The van der Waals surface area contributed by atoms with E-state index >= 15 is 0 Å². The van der Waals surface area contributed by atoms with Crippen molar-refractivity contribution in [1.82, 2.24) is 0 Å². The molecule has 0 amide bonds. The van der Waals surface area contributed by atoms with Crippen molar-refractivity contribution in [2.75, 3.05) is 0 Å². The van der Waals surface area contributed by atoms with Gasteiger partial charge in [0.05, 0.1) is 4.92 Å². The second kappa shape index (κ2) is 4.69. The molecule has 0 aliphatic rings. The third kappa shape index (κ3) is 2.53. The van der Waals surface area contributed by atoms with Crippen LogP contribution in [0.2, 0.25) is 0 Å². The van der Waals surface area contributed by atoms with Crippen molar-refractivity contribution >= 4 is 11.5 Å². The number of rotatable bonds is 4. The first-order chi connectivity index (χ1) is 7.45. The van der Waals surface area contributed by atoms with Crippen LogP contribution in [0.25, 0.3) is 0 Å². The van der Waals surface area contributed by atoms with E-state index in [1.807, 2.05) is 0 Å². The highest BCUT2D eigenvalue weighted by molar-refractivity contribution is 5.80. The Morgan fingerprint density at radius 1 is 1.56 bits per heavy atom. The SMILES string of the molecule is CCC(=O)Cc1cc(F)c(O)c([N+](=O)[O-])c1. The number of phenolic OH excluding ortho intramolecular Hbond substituents is 1. The van der Waals surface area contributed by atoms with Gasteiger partial charge < -0.3 is 5.11 Å². The highest BCUT2D eigenvalue weighted by Gasteiger charge is 2.19. The molecule has 0 saturated heterocycles. The summed E-state index contributed by atoms with van der Waals surface area (Å²) in [5, 5.41) is 19.6. The van der Waals surface area contributed by atoms with Gasteiger partial charge >= 0.3 is 5.69 Å². The van der Waals surface area contributed by atoms with E-state index in [1.165, 1.54) is 0 Å². The second-order valence-electron chi connectivity index (χ2n) is 3.27. The monoisotopic (exact) mass is 227 g/mol. The number of hydrogen-bond donors (Lipinski definition) is 1. The van der Waals surface area contributed by atoms with Crippen molar-refractivity contribution in [3.63, 3.8) is 0 Å². The number of hydrogen-bond acceptors (Lipinski definition) is 4. The van der Waals surface area contributed by atoms with Crippen molar-refractivity contribution in [2.45, 2.75) is 19.8 Å². The van der Waals surface area contributed by atoms with Crippen LogP contribution in [-0.4, -0.2) is 15.8 Å². The number of aromatic hydroxyl groups is 1. The van der Waals surface area contributed by atoms with Gasteiger partial charge in [0.25, 0.3) is 0 Å². The Morgan fingerprint density at radius 2 is 2.19 bits per heavy atom. The summed E-state index contributed by atoms with van der Waals surface area (Å²) in [6.07, 6.45) is 0.199. The highest BCUT2D eigenvalue weighted by atomic mass is 19.1. The first-order valence-corrected chi connectivity index (χ1v) is 4.63. The van der Waals surface area contributed by atoms with E-state index in [9.17, 15) is 19.3 Å². The molecule has 1 rings (SSSR count). The Kier molecular flexibility index (Phi) is 3.55. The average Bonchev–Trinajstić information content (AvgIpc) is 2.22. The molecule has 0 aliphatic heterocycles. The molecule has 0 radical (unpaired) electrons. The van der Waals surface area contributed by atoms with Gasteiger partial charge in [-0.2, -0.15) is 0 Å². The van der Waals surface area contributed by atoms with E-state index in [0.717, 1.165) is 12.1 Å². The molecule has 0 aliphatic carbocycles. The molecule has 0 spiro atoms. The summed E-state index contributed by atoms with van der Waals surface area (Å²) in [7, 11) is 0. The second-order valence-corrected chi connectivity index (χ2v) is 3.27. The van der Waals surface area contributed by atoms with Crippen LogP contribution in [0.15, 0.2) is 12.1 Å². The van der Waals surface area contributed by atoms with E-state index in [2.05, 4.69) is 0 Å². The van der Waals surface area contributed by atoms with E-state index in [-0.39, 0.29) is 24.2 Å². The minimum absolute atomic E-state index is 0.0749. The zero-order chi connectivity index (χ0) is 12.3. The van der Waals surface area contributed by atoms with Crippen LogP contribution in [0.5, 0.6) is 5.75 Å². The third-order valence-electron chi connectivity index (χ3n) is 2.10. The lowest BCUT2D eigenvalue weighted by Gasteiger charge is -2.02. The summed E-state index contributed by atoms with van der Waals surface area (Å²) >= 11 is 0. The van der Waals surface area contributed by atoms with Gasteiger partial charge in [-0.1, -0.05) is 6.92 Å². The standard InChI is InChI=1S/C10H10FNO4/c1-2-7(13)3-6-4-8(11)10(14)9(5-6)12(15)16/h4-5,14H,2-3H2,1H3. The van der Waals surface area contributed by atoms with Crippen LogP contribution < -0.4 is 0 Å². The Labute approximate surface area is 90.7 Å². The molecule has 0 fully saturated rings. The molecule has 0 heterocycles. The van der Waals surface area contributed by atoms with Gasteiger partial charge in [0.15, 0.2) is 5.82 Å². The number of halogens is 1. The molecule has 16 heavy (non-hydrogen) atoms. The quantitative estimate of drug-likeness (QED) is 0.629. The number of ketones is 1. The van der Waals surface area contributed by atoms with Gasteiger partial charge in [-0.15, -0.1) is 0 Å². The summed E-state index contributed by atoms with van der Waals surface area (Å²) in [6.45, 7) is 1.65. The molecule has 0 atom stereocenters. The Morgan fingerprint density at radius 3 is 2.69 bits per heavy atom. The van der Waals surface area contributed by atoms with Crippen LogP contribution in [-0.2, 0) is 11.2 Å². The summed E-state index contributed by atoms with van der Waals surface area (Å²) in [5.41, 5.74) is -0.534. The number of nitro benzene ring substituents is 1. The van der Waals surface area contributed by atoms with Gasteiger partial charge in [-0.05, 0) is 11.6 Å². The minimum Gasteiger partial charge on any atom is -0.500 e. The van der Waals surface area contributed by atoms with Gasteiger partial charge in [-0.25, -0.2) is 4.39 Å². The fourth-order valence-electron chi connectivity index (χ4n) is 1.23. The van der Waals surface area contributed by atoms with Crippen molar-refractivity contribution < 1.29 is 19.2 Å². The molecule has 5 nitrogen and oxygen atoms in total. The number of Topliss-reactive ketones (excluding diaryl/α,β-unsaturated/α-hetero) is 1. The summed E-state index contributed by atoms with van der Waals surface area (Å²) < 4.78 is 13.1. The molecule has 1 aromatic carbocycles. The first kappa shape index (κ1) is 12.1. The zero-order valence-electron chi connectivity index (χ0n) is 8.57. The lowest BCUT2D eigenvalue weighted by Crippen LogP contribution is -2.02. The third-order valence-corrected chi connectivity index (χ3v) is 2.10. The number of nitrogens with zero attached hydrogens (tertiary/aromatic N) is 1. The maximum atomic E-state index is 13.1. The molecule has 6 heteroatoms. The Bertz CT molecular complexity index is 445. The Hall–Kier alpha value is -1.98. The predicted molar refractivity (Wildman–Crippen MR) is 53.7 cm³/mol. The number of carbonyl (C=O) groups excluding carboxylic acids is 1. The molecule has 0 aromatic heterocycles. The first-order valence-electron chi connectivity index (χ1n) is 4.63. The lowest BCUT2D eigenvalue weighted by atomic mass is 10.1. The van der Waals surface area contributed by atoms with Crippen molar-refractivity contribution in [3.05, 3.63) is 33.6 Å².